The Morgan fingerprint density at radius 3 is 2.02 bits per heavy atom. The number of pyridine rings is 3. The van der Waals surface area contributed by atoms with Gasteiger partial charge in [-0.1, -0.05) is 125 Å². The van der Waals surface area contributed by atoms with Crippen LogP contribution >= 0.6 is 0 Å². The minimum atomic E-state index is 0. The normalized spacial score (nSPS) is 11.6. The van der Waals surface area contributed by atoms with Gasteiger partial charge in [-0.15, -0.1) is 12.1 Å². The Morgan fingerprint density at radius 1 is 0.562 bits per heavy atom. The van der Waals surface area contributed by atoms with Crippen molar-refractivity contribution < 1.29 is 25.8 Å². The SMILES string of the molecule is [Pt+2].[c-]1c(Oc2[c-]c3c(cc2)c2ncccc2n2c(-c4ccccc4)cnc32)ccc2c1c1nc(-c3ccccc3)cn1c1ccccc21. The van der Waals surface area contributed by atoms with Crippen LogP contribution in [0.2, 0.25) is 0 Å². The maximum absolute atomic E-state index is 6.49. The third kappa shape index (κ3) is 4.34. The van der Waals surface area contributed by atoms with Crippen LogP contribution < -0.4 is 4.74 Å². The van der Waals surface area contributed by atoms with Gasteiger partial charge in [-0.3, -0.25) is 15.0 Å². The third-order valence-electron chi connectivity index (χ3n) is 8.85. The van der Waals surface area contributed by atoms with Gasteiger partial charge in [-0.05, 0) is 29.1 Å². The second kappa shape index (κ2) is 11.1. The van der Waals surface area contributed by atoms with Crippen LogP contribution in [0.5, 0.6) is 11.5 Å². The molecule has 5 heterocycles. The molecule has 0 saturated heterocycles. The summed E-state index contributed by atoms with van der Waals surface area (Å²) in [4.78, 5) is 14.7. The fourth-order valence-corrected chi connectivity index (χ4v) is 6.73. The molecule has 0 aliphatic rings. The first-order valence-electron chi connectivity index (χ1n) is 15.4. The van der Waals surface area contributed by atoms with Crippen LogP contribution in [-0.4, -0.2) is 23.8 Å². The van der Waals surface area contributed by atoms with Crippen molar-refractivity contribution in [1.82, 2.24) is 23.8 Å². The van der Waals surface area contributed by atoms with Crippen LogP contribution in [0.4, 0.5) is 0 Å². The van der Waals surface area contributed by atoms with Gasteiger partial charge in [0.25, 0.3) is 0 Å². The first-order chi connectivity index (χ1) is 23.3. The molecule has 0 aliphatic carbocycles. The monoisotopic (exact) mass is 796 g/mol. The van der Waals surface area contributed by atoms with Crippen molar-refractivity contribution in [1.29, 1.82) is 0 Å². The molecule has 0 spiro atoms. The van der Waals surface area contributed by atoms with Gasteiger partial charge in [-0.2, -0.15) is 0 Å². The van der Waals surface area contributed by atoms with Gasteiger partial charge in [0.1, 0.15) is 0 Å². The summed E-state index contributed by atoms with van der Waals surface area (Å²) in [5, 5.41) is 4.89. The zero-order valence-electron chi connectivity index (χ0n) is 25.2. The summed E-state index contributed by atoms with van der Waals surface area (Å²) in [5.74, 6) is 1.15. The van der Waals surface area contributed by atoms with Gasteiger partial charge in [0.15, 0.2) is 0 Å². The van der Waals surface area contributed by atoms with Crippen LogP contribution in [0, 0.1) is 12.1 Å². The summed E-state index contributed by atoms with van der Waals surface area (Å²) < 4.78 is 10.8. The Balaban J connectivity index is 0.00000314. The number of aromatic nitrogens is 5. The van der Waals surface area contributed by atoms with Crippen molar-refractivity contribution in [3.63, 3.8) is 0 Å². The van der Waals surface area contributed by atoms with Crippen LogP contribution in [0.15, 0.2) is 140 Å². The molecular weight excluding hydrogens is 774 g/mol. The van der Waals surface area contributed by atoms with E-state index in [0.717, 1.165) is 77.3 Å². The van der Waals surface area contributed by atoms with E-state index >= 15 is 0 Å². The summed E-state index contributed by atoms with van der Waals surface area (Å²) in [7, 11) is 0. The number of rotatable bonds is 4. The molecule has 228 valence electrons. The van der Waals surface area contributed by atoms with Crippen molar-refractivity contribution in [2.24, 2.45) is 0 Å². The molecule has 10 aromatic rings. The average molecular weight is 797 g/mol. The number of hydrogen-bond donors (Lipinski definition) is 0. The minimum absolute atomic E-state index is 0. The van der Waals surface area contributed by atoms with Gasteiger partial charge < -0.3 is 13.5 Å². The zero-order valence-corrected chi connectivity index (χ0v) is 27.5. The van der Waals surface area contributed by atoms with E-state index in [1.54, 1.807) is 0 Å². The fraction of sp³-hybridized carbons (Fsp3) is 0. The standard InChI is InChI=1S/C41H23N5O.Pt/c1-3-10-26(11-4-1)35-25-45-36-15-8-7-14-31(36)30-19-17-28(22-33(30)41(45)44-35)47-29-18-20-32-34(23-29)40-43-24-38(27-12-5-2-6-13-27)46(40)37-16-9-21-42-39(32)37;/h1-21,24-25H;/q-2;+2. The molecule has 0 aliphatic heterocycles. The van der Waals surface area contributed by atoms with Crippen molar-refractivity contribution >= 4 is 54.8 Å². The molecule has 10 rings (SSSR count). The molecule has 7 heteroatoms. The Morgan fingerprint density at radius 2 is 1.23 bits per heavy atom. The van der Waals surface area contributed by atoms with Crippen molar-refractivity contribution in [3.05, 3.63) is 152 Å². The van der Waals surface area contributed by atoms with Crippen molar-refractivity contribution in [3.8, 4) is 34.0 Å². The molecule has 5 aromatic carbocycles. The Hall–Kier alpha value is -5.84. The average Bonchev–Trinajstić information content (AvgIpc) is 3.79. The Labute approximate surface area is 289 Å². The second-order valence-corrected chi connectivity index (χ2v) is 11.6. The molecule has 0 bridgehead atoms. The molecule has 5 aromatic heterocycles. The Bertz CT molecular complexity index is 2780. The summed E-state index contributed by atoms with van der Waals surface area (Å²) in [6.07, 6.45) is 5.84. The van der Waals surface area contributed by atoms with Crippen molar-refractivity contribution in [2.45, 2.75) is 0 Å². The molecule has 0 saturated carbocycles. The van der Waals surface area contributed by atoms with E-state index in [9.17, 15) is 0 Å². The maximum atomic E-state index is 6.49. The smallest absolute Gasteiger partial charge is 0.497 e. The van der Waals surface area contributed by atoms with Crippen LogP contribution in [-0.2, 0) is 21.1 Å². The second-order valence-electron chi connectivity index (χ2n) is 11.6. The molecule has 0 N–H and O–H groups in total. The predicted octanol–water partition coefficient (Wildman–Crippen LogP) is 9.71. The van der Waals surface area contributed by atoms with Gasteiger partial charge in [0.05, 0.1) is 33.7 Å². The molecule has 0 unspecified atom stereocenters. The van der Waals surface area contributed by atoms with E-state index in [1.807, 2.05) is 73.1 Å². The topological polar surface area (TPSA) is 56.7 Å². The van der Waals surface area contributed by atoms with Gasteiger partial charge in [0.2, 0.25) is 0 Å². The largest absolute Gasteiger partial charge is 2.00 e. The number of para-hydroxylation sites is 1. The molecule has 48 heavy (non-hydrogen) atoms. The Kier molecular flexibility index (Phi) is 6.59. The fourth-order valence-electron chi connectivity index (χ4n) is 6.73. The number of ether oxygens (including phenoxy) is 1. The van der Waals surface area contributed by atoms with Crippen LogP contribution in [0.3, 0.4) is 0 Å². The van der Waals surface area contributed by atoms with Gasteiger partial charge in [0, 0.05) is 41.2 Å². The van der Waals surface area contributed by atoms with E-state index < -0.39 is 0 Å². The first-order valence-corrected chi connectivity index (χ1v) is 15.4. The van der Waals surface area contributed by atoms with Crippen LogP contribution in [0.25, 0.3) is 77.3 Å². The summed E-state index contributed by atoms with van der Waals surface area (Å²) in [6, 6.07) is 48.1. The summed E-state index contributed by atoms with van der Waals surface area (Å²) in [6.45, 7) is 0. The zero-order chi connectivity index (χ0) is 30.9. The quantitative estimate of drug-likeness (QED) is 0.132. The molecular formula is C41H23N5OPt. The summed E-state index contributed by atoms with van der Waals surface area (Å²) >= 11 is 0. The van der Waals surface area contributed by atoms with E-state index in [2.05, 4.69) is 87.8 Å². The number of imidazole rings is 2. The predicted molar refractivity (Wildman–Crippen MR) is 187 cm³/mol. The van der Waals surface area contributed by atoms with E-state index in [4.69, 9.17) is 19.7 Å². The van der Waals surface area contributed by atoms with Gasteiger partial charge >= 0.3 is 21.1 Å². The summed E-state index contributed by atoms with van der Waals surface area (Å²) in [5.41, 5.74) is 8.63. The molecule has 0 atom stereocenters. The molecule has 0 fully saturated rings. The van der Waals surface area contributed by atoms with Crippen LogP contribution in [0.1, 0.15) is 0 Å². The number of hydrogen-bond acceptors (Lipinski definition) is 4. The third-order valence-corrected chi connectivity index (χ3v) is 8.85. The van der Waals surface area contributed by atoms with Gasteiger partial charge in [-0.25, -0.2) is 0 Å². The molecule has 0 radical (unpaired) electrons. The molecule has 0 amide bonds. The molecule has 6 nitrogen and oxygen atoms in total. The number of fused-ring (bicyclic) bond motifs is 12. The first kappa shape index (κ1) is 28.4. The maximum Gasteiger partial charge on any atom is 2.00 e. The minimum Gasteiger partial charge on any atom is -0.497 e. The van der Waals surface area contributed by atoms with E-state index in [1.165, 1.54) is 0 Å². The number of nitrogens with zero attached hydrogens (tertiary/aromatic N) is 5. The van der Waals surface area contributed by atoms with E-state index in [0.29, 0.717) is 11.5 Å². The number of benzene rings is 5. The van der Waals surface area contributed by atoms with E-state index in [-0.39, 0.29) is 21.1 Å². The van der Waals surface area contributed by atoms with Crippen molar-refractivity contribution in [2.75, 3.05) is 0 Å².